The molecule has 2 rings (SSSR count). The van der Waals surface area contributed by atoms with Crippen molar-refractivity contribution in [2.45, 2.75) is 12.8 Å². The molecule has 2 fully saturated rings. The molecule has 0 unspecified atom stereocenters. The van der Waals surface area contributed by atoms with Crippen molar-refractivity contribution < 1.29 is 9.59 Å². The molecule has 1 N–H and O–H groups in total. The summed E-state index contributed by atoms with van der Waals surface area (Å²) >= 11 is 0. The molecule has 9 heteroatoms. The van der Waals surface area contributed by atoms with Crippen LogP contribution in [0.25, 0.3) is 0 Å². The van der Waals surface area contributed by atoms with E-state index in [1.807, 2.05) is 4.90 Å². The summed E-state index contributed by atoms with van der Waals surface area (Å²) in [5.41, 5.74) is 0. The van der Waals surface area contributed by atoms with Gasteiger partial charge in [-0.2, -0.15) is 0 Å². The summed E-state index contributed by atoms with van der Waals surface area (Å²) < 4.78 is 0. The number of likely N-dealkylation sites (N-methyl/N-ethyl adjacent to an activating group) is 1. The normalized spacial score (nSPS) is 18.1. The largest absolute Gasteiger partial charge is 0.353 e. The Morgan fingerprint density at radius 3 is 2.26 bits per heavy atom. The minimum absolute atomic E-state index is 0. The lowest BCUT2D eigenvalue weighted by Gasteiger charge is -2.36. The molecular formula is C18H33IN6O2. The van der Waals surface area contributed by atoms with E-state index < -0.39 is 0 Å². The maximum absolute atomic E-state index is 12.3. The van der Waals surface area contributed by atoms with Gasteiger partial charge in [-0.05, 0) is 12.8 Å². The number of likely N-dealkylation sites (tertiary alicyclic amines) is 1. The molecule has 0 radical (unpaired) electrons. The van der Waals surface area contributed by atoms with E-state index in [1.54, 1.807) is 20.2 Å². The zero-order chi connectivity index (χ0) is 18.9. The van der Waals surface area contributed by atoms with E-state index in [2.05, 4.69) is 26.7 Å². The first-order valence-electron chi connectivity index (χ1n) is 9.35. The average molecular weight is 492 g/mol. The first kappa shape index (κ1) is 23.7. The van der Waals surface area contributed by atoms with Gasteiger partial charge in [0, 0.05) is 59.9 Å². The summed E-state index contributed by atoms with van der Waals surface area (Å²) in [6.45, 7) is 9.95. The predicted octanol–water partition coefficient (Wildman–Crippen LogP) is 0.0642. The summed E-state index contributed by atoms with van der Waals surface area (Å²) in [5.74, 6) is 0.939. The summed E-state index contributed by atoms with van der Waals surface area (Å²) in [5, 5.41) is 3.23. The summed E-state index contributed by atoms with van der Waals surface area (Å²) in [4.78, 5) is 36.4. The van der Waals surface area contributed by atoms with Crippen LogP contribution in [0.4, 0.5) is 0 Å². The first-order valence-corrected chi connectivity index (χ1v) is 9.35. The standard InChI is InChI=1S/C18H32N6O2.HI/c1-4-7-19-18(20-14-16(25)21(2)3)24-12-10-22(11-13-24)15-17(26)23-8-5-6-9-23;/h4H,1,5-15H2,2-3H3,(H,19,20);1H. The number of carbonyl (C=O) groups excluding carboxylic acids is 2. The minimum Gasteiger partial charge on any atom is -0.353 e. The molecule has 0 saturated carbocycles. The molecule has 0 spiro atoms. The van der Waals surface area contributed by atoms with Crippen molar-refractivity contribution in [2.75, 3.05) is 73.0 Å². The molecule has 2 aliphatic rings. The second-order valence-electron chi connectivity index (χ2n) is 6.95. The number of nitrogens with zero attached hydrogens (tertiary/aromatic N) is 5. The molecule has 2 saturated heterocycles. The monoisotopic (exact) mass is 492 g/mol. The molecule has 0 aromatic rings. The molecule has 2 amide bonds. The van der Waals surface area contributed by atoms with Crippen molar-refractivity contribution in [3.63, 3.8) is 0 Å². The fourth-order valence-corrected chi connectivity index (χ4v) is 3.09. The van der Waals surface area contributed by atoms with E-state index in [4.69, 9.17) is 0 Å². The molecular weight excluding hydrogens is 459 g/mol. The van der Waals surface area contributed by atoms with Crippen LogP contribution in [0.5, 0.6) is 0 Å². The van der Waals surface area contributed by atoms with Gasteiger partial charge in [0.25, 0.3) is 0 Å². The average Bonchev–Trinajstić information content (AvgIpc) is 3.17. The van der Waals surface area contributed by atoms with Crippen LogP contribution in [0.3, 0.4) is 0 Å². The van der Waals surface area contributed by atoms with E-state index in [1.165, 1.54) is 4.90 Å². The van der Waals surface area contributed by atoms with Crippen LogP contribution < -0.4 is 5.32 Å². The van der Waals surface area contributed by atoms with E-state index in [-0.39, 0.29) is 42.3 Å². The van der Waals surface area contributed by atoms with Crippen LogP contribution in [0.2, 0.25) is 0 Å². The number of hydrogen-bond donors (Lipinski definition) is 1. The molecule has 0 atom stereocenters. The lowest BCUT2D eigenvalue weighted by atomic mass is 10.3. The maximum atomic E-state index is 12.3. The van der Waals surface area contributed by atoms with Crippen molar-refractivity contribution in [3.05, 3.63) is 12.7 Å². The van der Waals surface area contributed by atoms with E-state index >= 15 is 0 Å². The van der Waals surface area contributed by atoms with Gasteiger partial charge in [0.05, 0.1) is 6.54 Å². The Morgan fingerprint density at radius 2 is 1.70 bits per heavy atom. The molecule has 2 aliphatic heterocycles. The van der Waals surface area contributed by atoms with Crippen LogP contribution in [0, 0.1) is 0 Å². The number of rotatable bonds is 6. The number of hydrogen-bond acceptors (Lipinski definition) is 4. The quantitative estimate of drug-likeness (QED) is 0.246. The van der Waals surface area contributed by atoms with Crippen molar-refractivity contribution >= 4 is 41.8 Å². The molecule has 0 bridgehead atoms. The van der Waals surface area contributed by atoms with Gasteiger partial charge in [-0.3, -0.25) is 14.5 Å². The number of aliphatic imine (C=N–C) groups is 1. The lowest BCUT2D eigenvalue weighted by Crippen LogP contribution is -2.54. The Bertz CT molecular complexity index is 526. The minimum atomic E-state index is -0.0299. The van der Waals surface area contributed by atoms with E-state index in [9.17, 15) is 9.59 Å². The van der Waals surface area contributed by atoms with Gasteiger partial charge in [-0.15, -0.1) is 30.6 Å². The molecule has 0 aromatic heterocycles. The molecule has 0 aliphatic carbocycles. The van der Waals surface area contributed by atoms with Gasteiger partial charge in [-0.1, -0.05) is 6.08 Å². The van der Waals surface area contributed by atoms with Gasteiger partial charge in [0.15, 0.2) is 5.96 Å². The Labute approximate surface area is 179 Å². The highest BCUT2D eigenvalue weighted by Crippen LogP contribution is 2.09. The number of amides is 2. The predicted molar refractivity (Wildman–Crippen MR) is 118 cm³/mol. The third-order valence-corrected chi connectivity index (χ3v) is 4.76. The number of halogens is 1. The van der Waals surface area contributed by atoms with Gasteiger partial charge < -0.3 is 20.0 Å². The molecule has 2 heterocycles. The van der Waals surface area contributed by atoms with Crippen LogP contribution >= 0.6 is 24.0 Å². The molecule has 154 valence electrons. The summed E-state index contributed by atoms with van der Waals surface area (Å²) in [6, 6.07) is 0. The lowest BCUT2D eigenvalue weighted by molar-refractivity contribution is -0.131. The topological polar surface area (TPSA) is 71.5 Å². The fraction of sp³-hybridized carbons (Fsp3) is 0.722. The number of piperazine rings is 1. The van der Waals surface area contributed by atoms with Crippen molar-refractivity contribution in [1.82, 2.24) is 24.9 Å². The highest BCUT2D eigenvalue weighted by Gasteiger charge is 2.24. The number of carbonyl (C=O) groups is 2. The van der Waals surface area contributed by atoms with Crippen molar-refractivity contribution in [2.24, 2.45) is 4.99 Å². The molecule has 0 aromatic carbocycles. The van der Waals surface area contributed by atoms with Gasteiger partial charge in [-0.25, -0.2) is 4.99 Å². The second-order valence-corrected chi connectivity index (χ2v) is 6.95. The fourth-order valence-electron chi connectivity index (χ4n) is 3.09. The van der Waals surface area contributed by atoms with E-state index in [0.29, 0.717) is 13.1 Å². The van der Waals surface area contributed by atoms with Crippen LogP contribution in [0.1, 0.15) is 12.8 Å². The first-order chi connectivity index (χ1) is 12.5. The van der Waals surface area contributed by atoms with E-state index in [0.717, 1.165) is 58.1 Å². The second kappa shape index (κ2) is 12.2. The van der Waals surface area contributed by atoms with Gasteiger partial charge >= 0.3 is 0 Å². The molecule has 27 heavy (non-hydrogen) atoms. The third kappa shape index (κ3) is 7.65. The highest BCUT2D eigenvalue weighted by atomic mass is 127. The Kier molecular flexibility index (Phi) is 10.7. The third-order valence-electron chi connectivity index (χ3n) is 4.76. The van der Waals surface area contributed by atoms with Crippen LogP contribution in [-0.2, 0) is 9.59 Å². The van der Waals surface area contributed by atoms with Gasteiger partial charge in [0.2, 0.25) is 11.8 Å². The Morgan fingerprint density at radius 1 is 1.07 bits per heavy atom. The van der Waals surface area contributed by atoms with Crippen LogP contribution in [0.15, 0.2) is 17.6 Å². The van der Waals surface area contributed by atoms with Gasteiger partial charge in [0.1, 0.15) is 6.54 Å². The van der Waals surface area contributed by atoms with Crippen molar-refractivity contribution in [3.8, 4) is 0 Å². The van der Waals surface area contributed by atoms with Crippen LogP contribution in [-0.4, -0.2) is 110 Å². The summed E-state index contributed by atoms with van der Waals surface area (Å²) in [6.07, 6.45) is 4.02. The molecule has 8 nitrogen and oxygen atoms in total. The number of nitrogens with one attached hydrogen (secondary N) is 1. The number of guanidine groups is 1. The Hall–Kier alpha value is -1.36. The zero-order valence-electron chi connectivity index (χ0n) is 16.5. The van der Waals surface area contributed by atoms with Crippen molar-refractivity contribution in [1.29, 1.82) is 0 Å². The zero-order valence-corrected chi connectivity index (χ0v) is 18.9. The maximum Gasteiger partial charge on any atom is 0.243 e. The summed E-state index contributed by atoms with van der Waals surface area (Å²) in [7, 11) is 3.45. The highest BCUT2D eigenvalue weighted by molar-refractivity contribution is 14.0. The Balaban J connectivity index is 0.00000364. The SMILES string of the molecule is C=CCNC(=NCC(=O)N(C)C)N1CCN(CC(=O)N2CCCC2)CC1.I. The smallest absolute Gasteiger partial charge is 0.243 e.